The molecule has 0 radical (unpaired) electrons. The molecule has 0 aliphatic carbocycles. The van der Waals surface area contributed by atoms with E-state index < -0.39 is 11.9 Å². The molecule has 1 aliphatic heterocycles. The Balaban J connectivity index is 2.65. The molecule has 1 aliphatic rings. The fourth-order valence-electron chi connectivity index (χ4n) is 1.37. The van der Waals surface area contributed by atoms with Gasteiger partial charge in [0.1, 0.15) is 5.92 Å². The Morgan fingerprint density at radius 3 is 2.38 bits per heavy atom. The van der Waals surface area contributed by atoms with Gasteiger partial charge in [-0.25, -0.2) is 0 Å². The van der Waals surface area contributed by atoms with Crippen LogP contribution in [0.5, 0.6) is 0 Å². The molecule has 1 unspecified atom stereocenters. The molecule has 4 nitrogen and oxygen atoms in total. The Bertz CT molecular complexity index is 340. The Morgan fingerprint density at radius 2 is 1.94 bits per heavy atom. The highest BCUT2D eigenvalue weighted by Gasteiger charge is 2.35. The van der Waals surface area contributed by atoms with Crippen molar-refractivity contribution in [1.29, 1.82) is 0 Å². The van der Waals surface area contributed by atoms with E-state index in [4.69, 9.17) is 4.74 Å². The maximum atomic E-state index is 11.5. The Kier molecular flexibility index (Phi) is 4.28. The lowest BCUT2D eigenvalue weighted by molar-refractivity contribution is -0.138. The van der Waals surface area contributed by atoms with Gasteiger partial charge in [-0.3, -0.25) is 9.59 Å². The number of hydrogen-bond acceptors (Lipinski definition) is 4. The van der Waals surface area contributed by atoms with E-state index in [0.717, 1.165) is 13.1 Å². The van der Waals surface area contributed by atoms with Gasteiger partial charge in [0.25, 0.3) is 0 Å². The van der Waals surface area contributed by atoms with Crippen LogP contribution in [0.2, 0.25) is 0 Å². The molecule has 1 rings (SSSR count). The Labute approximate surface area is 95.6 Å². The summed E-state index contributed by atoms with van der Waals surface area (Å²) in [6, 6.07) is 0. The second kappa shape index (κ2) is 5.49. The molecular formula is C12H17NO3. The van der Waals surface area contributed by atoms with Gasteiger partial charge < -0.3 is 9.64 Å². The number of cyclic esters (lactones) is 1. The molecule has 0 amide bonds. The first kappa shape index (κ1) is 12.5. The number of hydrogen-bond donors (Lipinski definition) is 0. The van der Waals surface area contributed by atoms with E-state index in [0.29, 0.717) is 0 Å². The first-order chi connectivity index (χ1) is 7.60. The minimum Gasteiger partial charge on any atom is -0.422 e. The summed E-state index contributed by atoms with van der Waals surface area (Å²) in [6.07, 6.45) is 5.14. The van der Waals surface area contributed by atoms with Crippen LogP contribution in [0.3, 0.4) is 0 Å². The number of rotatable bonds is 4. The number of esters is 1. The molecule has 0 saturated carbocycles. The third-order valence-electron chi connectivity index (χ3n) is 2.56. The van der Waals surface area contributed by atoms with E-state index in [1.165, 1.54) is 0 Å². The maximum Gasteiger partial charge on any atom is 0.322 e. The molecule has 1 fully saturated rings. The van der Waals surface area contributed by atoms with Gasteiger partial charge in [-0.2, -0.15) is 0 Å². The molecule has 16 heavy (non-hydrogen) atoms. The molecule has 4 heteroatoms. The summed E-state index contributed by atoms with van der Waals surface area (Å²) in [7, 11) is 0. The molecule has 0 aromatic heterocycles. The van der Waals surface area contributed by atoms with Gasteiger partial charge in [-0.1, -0.05) is 0 Å². The summed E-state index contributed by atoms with van der Waals surface area (Å²) >= 11 is 0. The quantitative estimate of drug-likeness (QED) is 0.411. The van der Waals surface area contributed by atoms with Crippen molar-refractivity contribution >= 4 is 11.8 Å². The summed E-state index contributed by atoms with van der Waals surface area (Å²) in [4.78, 5) is 24.6. The monoisotopic (exact) mass is 223 g/mol. The van der Waals surface area contributed by atoms with Crippen molar-refractivity contribution in [1.82, 2.24) is 4.90 Å². The van der Waals surface area contributed by atoms with Crippen molar-refractivity contribution in [2.75, 3.05) is 13.1 Å². The first-order valence-corrected chi connectivity index (χ1v) is 5.48. The maximum absolute atomic E-state index is 11.5. The van der Waals surface area contributed by atoms with Gasteiger partial charge >= 0.3 is 5.97 Å². The number of carbonyl (C=O) groups is 2. The minimum atomic E-state index is -0.659. The zero-order valence-electron chi connectivity index (χ0n) is 9.90. The van der Waals surface area contributed by atoms with Gasteiger partial charge in [-0.15, -0.1) is 0 Å². The zero-order valence-corrected chi connectivity index (χ0v) is 9.90. The second-order valence-corrected chi connectivity index (χ2v) is 3.60. The molecule has 1 heterocycles. The van der Waals surface area contributed by atoms with Crippen LogP contribution in [0.1, 0.15) is 20.8 Å². The van der Waals surface area contributed by atoms with Crippen LogP contribution in [0.4, 0.5) is 0 Å². The predicted octanol–water partition coefficient (Wildman–Crippen LogP) is 1.49. The van der Waals surface area contributed by atoms with Crippen molar-refractivity contribution in [3.8, 4) is 0 Å². The molecule has 0 spiro atoms. The molecule has 0 N–H and O–H groups in total. The van der Waals surface area contributed by atoms with Gasteiger partial charge in [0.15, 0.2) is 5.76 Å². The van der Waals surface area contributed by atoms with E-state index in [1.54, 1.807) is 19.1 Å². The number of Topliss-reactive ketones (excluding diaryl/α,β-unsaturated/α-hetero) is 1. The van der Waals surface area contributed by atoms with E-state index in [9.17, 15) is 9.59 Å². The van der Waals surface area contributed by atoms with Crippen LogP contribution < -0.4 is 0 Å². The SMILES string of the molecule is CCN(/C=C/C=C1/OC(=O)C(C)C1=O)CC. The number of ether oxygens (including phenoxy) is 1. The fraction of sp³-hybridized carbons (Fsp3) is 0.500. The van der Waals surface area contributed by atoms with E-state index in [-0.39, 0.29) is 11.5 Å². The van der Waals surface area contributed by atoms with Crippen LogP contribution in [-0.2, 0) is 14.3 Å². The van der Waals surface area contributed by atoms with Crippen LogP contribution in [0.25, 0.3) is 0 Å². The summed E-state index contributed by atoms with van der Waals surface area (Å²) in [6.45, 7) is 7.45. The summed E-state index contributed by atoms with van der Waals surface area (Å²) < 4.78 is 4.84. The van der Waals surface area contributed by atoms with Crippen LogP contribution >= 0.6 is 0 Å². The fourth-order valence-corrected chi connectivity index (χ4v) is 1.37. The van der Waals surface area contributed by atoms with Gasteiger partial charge in [-0.05, 0) is 39.1 Å². The van der Waals surface area contributed by atoms with Crippen molar-refractivity contribution < 1.29 is 14.3 Å². The van der Waals surface area contributed by atoms with Crippen molar-refractivity contribution in [3.05, 3.63) is 24.1 Å². The minimum absolute atomic E-state index is 0.140. The highest BCUT2D eigenvalue weighted by atomic mass is 16.5. The number of nitrogens with zero attached hydrogens (tertiary/aromatic N) is 1. The van der Waals surface area contributed by atoms with E-state index in [1.807, 2.05) is 20.0 Å². The Hall–Kier alpha value is -1.58. The Morgan fingerprint density at radius 1 is 1.31 bits per heavy atom. The normalized spacial score (nSPS) is 23.2. The van der Waals surface area contributed by atoms with Crippen LogP contribution in [0, 0.1) is 5.92 Å². The molecule has 0 aromatic carbocycles. The topological polar surface area (TPSA) is 46.6 Å². The smallest absolute Gasteiger partial charge is 0.322 e. The van der Waals surface area contributed by atoms with Crippen molar-refractivity contribution in [3.63, 3.8) is 0 Å². The summed E-state index contributed by atoms with van der Waals surface area (Å²) in [5, 5.41) is 0. The van der Waals surface area contributed by atoms with E-state index >= 15 is 0 Å². The average molecular weight is 223 g/mol. The van der Waals surface area contributed by atoms with Gasteiger partial charge in [0, 0.05) is 13.1 Å². The summed E-state index contributed by atoms with van der Waals surface area (Å²) in [5.41, 5.74) is 0. The average Bonchev–Trinajstić information content (AvgIpc) is 2.52. The predicted molar refractivity (Wildman–Crippen MR) is 60.4 cm³/mol. The molecular weight excluding hydrogens is 206 g/mol. The molecule has 0 bridgehead atoms. The van der Waals surface area contributed by atoms with Crippen molar-refractivity contribution in [2.24, 2.45) is 5.92 Å². The third kappa shape index (κ3) is 2.72. The lowest BCUT2D eigenvalue weighted by Crippen LogP contribution is -2.14. The van der Waals surface area contributed by atoms with Crippen molar-refractivity contribution in [2.45, 2.75) is 20.8 Å². The van der Waals surface area contributed by atoms with Gasteiger partial charge in [0.05, 0.1) is 0 Å². The van der Waals surface area contributed by atoms with Gasteiger partial charge in [0.2, 0.25) is 5.78 Å². The highest BCUT2D eigenvalue weighted by Crippen LogP contribution is 2.19. The standard InChI is InChI=1S/C12H17NO3/c1-4-13(5-2)8-6-7-10-11(14)9(3)12(15)16-10/h6-9H,4-5H2,1-3H3/b8-6+,10-7+. The van der Waals surface area contributed by atoms with Crippen LogP contribution in [-0.4, -0.2) is 29.7 Å². The lowest BCUT2D eigenvalue weighted by Gasteiger charge is -2.13. The second-order valence-electron chi connectivity index (χ2n) is 3.60. The molecule has 1 atom stereocenters. The lowest BCUT2D eigenvalue weighted by atomic mass is 10.1. The molecule has 0 aromatic rings. The highest BCUT2D eigenvalue weighted by molar-refractivity contribution is 6.12. The number of ketones is 1. The zero-order chi connectivity index (χ0) is 12.1. The van der Waals surface area contributed by atoms with Crippen LogP contribution in [0.15, 0.2) is 24.1 Å². The summed E-state index contributed by atoms with van der Waals surface area (Å²) in [5.74, 6) is -1.23. The first-order valence-electron chi connectivity index (χ1n) is 5.48. The largest absolute Gasteiger partial charge is 0.422 e. The van der Waals surface area contributed by atoms with E-state index in [2.05, 4.69) is 4.90 Å². The molecule has 88 valence electrons. The number of carbonyl (C=O) groups excluding carboxylic acids is 2. The third-order valence-corrected chi connectivity index (χ3v) is 2.56. The number of allylic oxidation sites excluding steroid dienone is 3. The molecule has 1 saturated heterocycles.